The lowest BCUT2D eigenvalue weighted by molar-refractivity contribution is -0.140. The molecule has 2 aromatic carbocycles. The Labute approximate surface area is 213 Å². The maximum atomic E-state index is 13.5. The standard InChI is InChI=1S/C26H26Cl2FN3O3/c1-15(26(34)32-9-3-4-16(14-32)10-25(33)30-2)35-18-6-8-20-21(13-24(28)31-23(20)12-18)19-7-5-17(29)11-22(19)27/h5-8,11-13,15-16H,3-4,9-10,14H2,1-2H3,(H,30,33). The number of benzene rings is 2. The van der Waals surface area contributed by atoms with Crippen LogP contribution in [0.5, 0.6) is 5.75 Å². The zero-order valence-electron chi connectivity index (χ0n) is 19.5. The Morgan fingerprint density at radius 2 is 2.00 bits per heavy atom. The van der Waals surface area contributed by atoms with E-state index in [4.69, 9.17) is 27.9 Å². The molecule has 4 rings (SSSR count). The van der Waals surface area contributed by atoms with Gasteiger partial charge in [0.2, 0.25) is 5.91 Å². The second-order valence-corrected chi connectivity index (χ2v) is 9.52. The Hall–Kier alpha value is -2.90. The summed E-state index contributed by atoms with van der Waals surface area (Å²) in [5, 5.41) is 3.93. The van der Waals surface area contributed by atoms with Crippen LogP contribution in [0.1, 0.15) is 26.2 Å². The van der Waals surface area contributed by atoms with Crippen LogP contribution >= 0.6 is 23.2 Å². The molecule has 2 amide bonds. The van der Waals surface area contributed by atoms with E-state index in [-0.39, 0.29) is 27.9 Å². The first-order valence-corrected chi connectivity index (χ1v) is 12.2. The molecule has 0 spiro atoms. The van der Waals surface area contributed by atoms with Gasteiger partial charge in [-0.2, -0.15) is 0 Å². The van der Waals surface area contributed by atoms with Gasteiger partial charge in [0.15, 0.2) is 6.10 Å². The van der Waals surface area contributed by atoms with Crippen molar-refractivity contribution in [2.45, 2.75) is 32.3 Å². The molecule has 1 fully saturated rings. The summed E-state index contributed by atoms with van der Waals surface area (Å²) in [6.07, 6.45) is 1.47. The van der Waals surface area contributed by atoms with Gasteiger partial charge in [0.25, 0.3) is 5.91 Å². The van der Waals surface area contributed by atoms with Crippen molar-refractivity contribution in [1.82, 2.24) is 15.2 Å². The number of fused-ring (bicyclic) bond motifs is 1. The summed E-state index contributed by atoms with van der Waals surface area (Å²) in [5.74, 6) is 0.0553. The van der Waals surface area contributed by atoms with Gasteiger partial charge >= 0.3 is 0 Å². The van der Waals surface area contributed by atoms with Crippen molar-refractivity contribution in [2.75, 3.05) is 20.1 Å². The number of nitrogens with zero attached hydrogens (tertiary/aromatic N) is 2. The predicted octanol–water partition coefficient (Wildman–Crippen LogP) is 5.49. The minimum Gasteiger partial charge on any atom is -0.481 e. The molecule has 9 heteroatoms. The molecule has 1 aromatic heterocycles. The quantitative estimate of drug-likeness (QED) is 0.438. The van der Waals surface area contributed by atoms with E-state index in [1.165, 1.54) is 12.1 Å². The summed E-state index contributed by atoms with van der Waals surface area (Å²) < 4.78 is 19.5. The van der Waals surface area contributed by atoms with E-state index in [0.29, 0.717) is 36.3 Å². The van der Waals surface area contributed by atoms with E-state index in [1.54, 1.807) is 43.1 Å². The molecule has 1 N–H and O–H groups in total. The van der Waals surface area contributed by atoms with Crippen LogP contribution in [-0.2, 0) is 9.59 Å². The van der Waals surface area contributed by atoms with Crippen molar-refractivity contribution >= 4 is 45.9 Å². The van der Waals surface area contributed by atoms with Crippen LogP contribution in [0.2, 0.25) is 10.2 Å². The number of aromatic nitrogens is 1. The highest BCUT2D eigenvalue weighted by molar-refractivity contribution is 6.34. The number of pyridine rings is 1. The summed E-state index contributed by atoms with van der Waals surface area (Å²) in [4.78, 5) is 30.9. The molecule has 3 aromatic rings. The number of amides is 2. The van der Waals surface area contributed by atoms with Gasteiger partial charge < -0.3 is 15.0 Å². The molecule has 2 heterocycles. The Bertz CT molecular complexity index is 1270. The molecule has 1 aliphatic rings. The zero-order valence-corrected chi connectivity index (χ0v) is 21.0. The predicted molar refractivity (Wildman–Crippen MR) is 135 cm³/mol. The lowest BCUT2D eigenvalue weighted by Crippen LogP contribution is -2.46. The number of halogens is 3. The van der Waals surface area contributed by atoms with Crippen LogP contribution < -0.4 is 10.1 Å². The van der Waals surface area contributed by atoms with Crippen molar-refractivity contribution in [3.05, 3.63) is 58.5 Å². The van der Waals surface area contributed by atoms with E-state index in [2.05, 4.69) is 10.3 Å². The molecule has 0 saturated carbocycles. The second kappa shape index (κ2) is 10.8. The van der Waals surface area contributed by atoms with Gasteiger partial charge in [-0.1, -0.05) is 23.2 Å². The van der Waals surface area contributed by atoms with E-state index in [9.17, 15) is 14.0 Å². The molecule has 1 saturated heterocycles. The molecule has 0 aliphatic carbocycles. The first kappa shape index (κ1) is 25.2. The molecule has 1 aliphatic heterocycles. The van der Waals surface area contributed by atoms with E-state index >= 15 is 0 Å². The lowest BCUT2D eigenvalue weighted by Gasteiger charge is -2.34. The minimum atomic E-state index is -0.712. The number of rotatable bonds is 6. The normalized spacial score (nSPS) is 16.7. The summed E-state index contributed by atoms with van der Waals surface area (Å²) in [5.41, 5.74) is 1.92. The minimum absolute atomic E-state index is 0.0165. The fourth-order valence-corrected chi connectivity index (χ4v) is 4.96. The molecule has 6 nitrogen and oxygen atoms in total. The summed E-state index contributed by atoms with van der Waals surface area (Å²) in [6.45, 7) is 2.90. The number of carbonyl (C=O) groups is 2. The highest BCUT2D eigenvalue weighted by Gasteiger charge is 2.29. The van der Waals surface area contributed by atoms with E-state index < -0.39 is 11.9 Å². The number of carbonyl (C=O) groups excluding carboxylic acids is 2. The lowest BCUT2D eigenvalue weighted by atomic mass is 9.94. The summed E-state index contributed by atoms with van der Waals surface area (Å²) in [6, 6.07) is 11.2. The van der Waals surface area contributed by atoms with Gasteiger partial charge in [0.1, 0.15) is 16.7 Å². The SMILES string of the molecule is CNC(=O)CC1CCCN(C(=O)C(C)Oc2ccc3c(-c4ccc(F)cc4Cl)cc(Cl)nc3c2)C1. The van der Waals surface area contributed by atoms with Gasteiger partial charge in [-0.15, -0.1) is 0 Å². The topological polar surface area (TPSA) is 71.5 Å². The third kappa shape index (κ3) is 5.85. The molecule has 35 heavy (non-hydrogen) atoms. The fraction of sp³-hybridized carbons (Fsp3) is 0.346. The Kier molecular flexibility index (Phi) is 7.77. The molecular weight excluding hydrogens is 492 g/mol. The molecule has 184 valence electrons. The zero-order chi connectivity index (χ0) is 25.1. The van der Waals surface area contributed by atoms with Crippen molar-refractivity contribution in [3.63, 3.8) is 0 Å². The Balaban J connectivity index is 1.52. The molecule has 2 unspecified atom stereocenters. The third-order valence-corrected chi connectivity index (χ3v) is 6.72. The van der Waals surface area contributed by atoms with Gasteiger partial charge in [-0.25, -0.2) is 9.37 Å². The monoisotopic (exact) mass is 517 g/mol. The molecule has 0 radical (unpaired) electrons. The number of hydrogen-bond donors (Lipinski definition) is 1. The first-order valence-electron chi connectivity index (χ1n) is 11.5. The van der Waals surface area contributed by atoms with Crippen LogP contribution in [0, 0.1) is 11.7 Å². The number of ether oxygens (including phenoxy) is 1. The van der Waals surface area contributed by atoms with Crippen LogP contribution in [0.4, 0.5) is 4.39 Å². The second-order valence-electron chi connectivity index (χ2n) is 8.73. The first-order chi connectivity index (χ1) is 16.7. The highest BCUT2D eigenvalue weighted by atomic mass is 35.5. The number of hydrogen-bond acceptors (Lipinski definition) is 4. The fourth-order valence-electron chi connectivity index (χ4n) is 4.49. The number of likely N-dealkylation sites (tertiary alicyclic amines) is 1. The largest absolute Gasteiger partial charge is 0.481 e. The Morgan fingerprint density at radius 1 is 1.20 bits per heavy atom. The molecule has 0 bridgehead atoms. The van der Waals surface area contributed by atoms with Crippen LogP contribution in [-0.4, -0.2) is 47.9 Å². The van der Waals surface area contributed by atoms with Gasteiger partial charge in [0.05, 0.1) is 10.5 Å². The average molecular weight is 518 g/mol. The van der Waals surface area contributed by atoms with Gasteiger partial charge in [-0.3, -0.25) is 9.59 Å². The highest BCUT2D eigenvalue weighted by Crippen LogP contribution is 2.36. The third-order valence-electron chi connectivity index (χ3n) is 6.22. The summed E-state index contributed by atoms with van der Waals surface area (Å²) in [7, 11) is 1.62. The average Bonchev–Trinajstić information content (AvgIpc) is 2.83. The number of nitrogens with one attached hydrogen (secondary N) is 1. The van der Waals surface area contributed by atoms with Crippen molar-refractivity contribution in [2.24, 2.45) is 5.92 Å². The van der Waals surface area contributed by atoms with Crippen molar-refractivity contribution in [1.29, 1.82) is 0 Å². The van der Waals surface area contributed by atoms with Crippen LogP contribution in [0.15, 0.2) is 42.5 Å². The van der Waals surface area contributed by atoms with Gasteiger partial charge in [-0.05, 0) is 67.6 Å². The van der Waals surface area contributed by atoms with Crippen LogP contribution in [0.3, 0.4) is 0 Å². The summed E-state index contributed by atoms with van der Waals surface area (Å²) >= 11 is 12.5. The van der Waals surface area contributed by atoms with E-state index in [0.717, 1.165) is 23.8 Å². The maximum Gasteiger partial charge on any atom is 0.263 e. The number of piperidine rings is 1. The molecule has 2 atom stereocenters. The van der Waals surface area contributed by atoms with Crippen molar-refractivity contribution in [3.8, 4) is 16.9 Å². The van der Waals surface area contributed by atoms with E-state index in [1.807, 2.05) is 6.07 Å². The van der Waals surface area contributed by atoms with Crippen LogP contribution in [0.25, 0.3) is 22.0 Å². The maximum absolute atomic E-state index is 13.5. The van der Waals surface area contributed by atoms with Gasteiger partial charge in [0, 0.05) is 43.6 Å². The van der Waals surface area contributed by atoms with Crippen molar-refractivity contribution < 1.29 is 18.7 Å². The molecular formula is C26H26Cl2FN3O3. The Morgan fingerprint density at radius 3 is 2.74 bits per heavy atom. The smallest absolute Gasteiger partial charge is 0.263 e.